The van der Waals surface area contributed by atoms with Crippen molar-refractivity contribution in [2.24, 2.45) is 0 Å². The molecule has 0 aromatic carbocycles. The fourth-order valence-electron chi connectivity index (χ4n) is 1.88. The molecule has 0 radical (unpaired) electrons. The fourth-order valence-corrected chi connectivity index (χ4v) is 1.88. The molecule has 2 heterocycles. The molecule has 1 saturated heterocycles. The van der Waals surface area contributed by atoms with Crippen LogP contribution >= 0.6 is 0 Å². The molecule has 0 bridgehead atoms. The van der Waals surface area contributed by atoms with Gasteiger partial charge in [-0.2, -0.15) is 4.68 Å². The Kier molecular flexibility index (Phi) is 3.66. The number of nitrogens with one attached hydrogen (secondary N) is 1. The summed E-state index contributed by atoms with van der Waals surface area (Å²) in [5.74, 6) is -2.15. The lowest BCUT2D eigenvalue weighted by molar-refractivity contribution is -0.389. The Morgan fingerprint density at radius 3 is 2.90 bits per heavy atom. The molecule has 0 aliphatic carbocycles. The predicted molar refractivity (Wildman–Crippen MR) is 62.8 cm³/mol. The first-order valence-electron chi connectivity index (χ1n) is 5.73. The summed E-state index contributed by atoms with van der Waals surface area (Å²) < 4.78 is 6.07. The number of hydrogen-bond acceptors (Lipinski definition) is 6. The molecule has 10 heteroatoms. The zero-order valence-electron chi connectivity index (χ0n) is 10.3. The van der Waals surface area contributed by atoms with Gasteiger partial charge in [0.25, 0.3) is 0 Å². The highest BCUT2D eigenvalue weighted by atomic mass is 16.6. The Morgan fingerprint density at radius 2 is 2.40 bits per heavy atom. The van der Waals surface area contributed by atoms with Crippen LogP contribution in [0.1, 0.15) is 6.42 Å². The van der Waals surface area contributed by atoms with Gasteiger partial charge in [-0.25, -0.2) is 4.79 Å². The van der Waals surface area contributed by atoms with Crippen LogP contribution in [-0.2, 0) is 20.9 Å². The van der Waals surface area contributed by atoms with Gasteiger partial charge in [-0.15, -0.1) is 0 Å². The SMILES string of the molecule is O=C(Cn1ccc([N+](=O)[O-])n1)NC1(C(=O)O)CCOC1. The van der Waals surface area contributed by atoms with E-state index in [1.807, 2.05) is 0 Å². The Balaban J connectivity index is 2.01. The minimum absolute atomic E-state index is 0.104. The quantitative estimate of drug-likeness (QED) is 0.530. The van der Waals surface area contributed by atoms with Crippen LogP contribution in [0.5, 0.6) is 0 Å². The van der Waals surface area contributed by atoms with Crippen molar-refractivity contribution in [3.63, 3.8) is 0 Å². The number of aromatic nitrogens is 2. The maximum Gasteiger partial charge on any atom is 0.389 e. The smallest absolute Gasteiger partial charge is 0.389 e. The molecule has 10 nitrogen and oxygen atoms in total. The van der Waals surface area contributed by atoms with Gasteiger partial charge in [-0.05, 0) is 4.92 Å². The number of ether oxygens (including phenoxy) is 1. The monoisotopic (exact) mass is 284 g/mol. The van der Waals surface area contributed by atoms with Gasteiger partial charge >= 0.3 is 11.8 Å². The third-order valence-electron chi connectivity index (χ3n) is 2.93. The van der Waals surface area contributed by atoms with Crippen LogP contribution in [0, 0.1) is 10.1 Å². The van der Waals surface area contributed by atoms with E-state index in [-0.39, 0.29) is 32.0 Å². The molecule has 1 aliphatic rings. The second-order valence-electron chi connectivity index (χ2n) is 4.37. The number of nitro groups is 1. The maximum absolute atomic E-state index is 11.8. The first-order chi connectivity index (χ1) is 9.43. The van der Waals surface area contributed by atoms with Gasteiger partial charge in [-0.1, -0.05) is 0 Å². The lowest BCUT2D eigenvalue weighted by Crippen LogP contribution is -2.55. The summed E-state index contributed by atoms with van der Waals surface area (Å²) in [6.45, 7) is -0.157. The number of aliphatic carboxylic acids is 1. The molecule has 1 aromatic heterocycles. The average Bonchev–Trinajstić information content (AvgIpc) is 2.98. The van der Waals surface area contributed by atoms with Crippen LogP contribution in [0.15, 0.2) is 12.3 Å². The van der Waals surface area contributed by atoms with Crippen LogP contribution in [-0.4, -0.2) is 50.4 Å². The third kappa shape index (κ3) is 2.74. The maximum atomic E-state index is 11.8. The molecule has 1 amide bonds. The van der Waals surface area contributed by atoms with Crippen molar-refractivity contribution in [3.8, 4) is 0 Å². The molecule has 1 unspecified atom stereocenters. The zero-order chi connectivity index (χ0) is 14.8. The Morgan fingerprint density at radius 1 is 1.65 bits per heavy atom. The van der Waals surface area contributed by atoms with E-state index >= 15 is 0 Å². The number of carboxylic acid groups (broad SMARTS) is 1. The molecule has 0 saturated carbocycles. The number of nitrogens with zero attached hydrogens (tertiary/aromatic N) is 3. The zero-order valence-corrected chi connectivity index (χ0v) is 10.3. The van der Waals surface area contributed by atoms with E-state index in [0.29, 0.717) is 0 Å². The number of carbonyl (C=O) groups excluding carboxylic acids is 1. The molecule has 108 valence electrons. The summed E-state index contributed by atoms with van der Waals surface area (Å²) >= 11 is 0. The van der Waals surface area contributed by atoms with Gasteiger partial charge in [-0.3, -0.25) is 4.79 Å². The van der Waals surface area contributed by atoms with Crippen LogP contribution in [0.3, 0.4) is 0 Å². The van der Waals surface area contributed by atoms with E-state index in [9.17, 15) is 19.7 Å². The van der Waals surface area contributed by atoms with E-state index < -0.39 is 22.3 Å². The van der Waals surface area contributed by atoms with E-state index in [0.717, 1.165) is 10.7 Å². The molecule has 2 rings (SSSR count). The van der Waals surface area contributed by atoms with E-state index in [1.54, 1.807) is 0 Å². The Labute approximate surface area is 112 Å². The minimum atomic E-state index is -1.43. The first kappa shape index (κ1) is 13.9. The molecule has 1 aromatic rings. The summed E-state index contributed by atoms with van der Waals surface area (Å²) in [5.41, 5.74) is -1.43. The highest BCUT2D eigenvalue weighted by molar-refractivity contribution is 5.87. The fraction of sp³-hybridized carbons (Fsp3) is 0.500. The van der Waals surface area contributed by atoms with Crippen LogP contribution in [0.25, 0.3) is 0 Å². The van der Waals surface area contributed by atoms with Gasteiger partial charge in [0, 0.05) is 13.0 Å². The van der Waals surface area contributed by atoms with Crippen molar-refractivity contribution in [2.75, 3.05) is 13.2 Å². The lowest BCUT2D eigenvalue weighted by Gasteiger charge is -2.23. The largest absolute Gasteiger partial charge is 0.479 e. The lowest BCUT2D eigenvalue weighted by atomic mass is 9.99. The summed E-state index contributed by atoms with van der Waals surface area (Å²) in [7, 11) is 0. The topological polar surface area (TPSA) is 137 Å². The van der Waals surface area contributed by atoms with Crippen LogP contribution in [0.2, 0.25) is 0 Å². The van der Waals surface area contributed by atoms with Gasteiger partial charge in [0.15, 0.2) is 5.54 Å². The average molecular weight is 284 g/mol. The molecule has 1 aliphatic heterocycles. The summed E-state index contributed by atoms with van der Waals surface area (Å²) in [5, 5.41) is 25.6. The third-order valence-corrected chi connectivity index (χ3v) is 2.93. The van der Waals surface area contributed by atoms with E-state index in [2.05, 4.69) is 10.4 Å². The second kappa shape index (κ2) is 5.25. The van der Waals surface area contributed by atoms with Crippen molar-refractivity contribution >= 4 is 17.7 Å². The van der Waals surface area contributed by atoms with Gasteiger partial charge in [0.2, 0.25) is 5.91 Å². The number of hydrogen-bond donors (Lipinski definition) is 2. The van der Waals surface area contributed by atoms with Crippen LogP contribution in [0.4, 0.5) is 5.82 Å². The highest BCUT2D eigenvalue weighted by Crippen LogP contribution is 2.19. The van der Waals surface area contributed by atoms with Crippen molar-refractivity contribution < 1.29 is 24.4 Å². The van der Waals surface area contributed by atoms with Crippen molar-refractivity contribution in [1.82, 2.24) is 15.1 Å². The predicted octanol–water partition coefficient (Wildman–Crippen LogP) is -0.849. The Hall–Kier alpha value is -2.49. The standard InChI is InChI=1S/C10H12N4O6/c15-8(5-13-3-1-7(12-13)14(18)19)11-10(9(16)17)2-4-20-6-10/h1,3H,2,4-6H2,(H,11,15)(H,16,17). The van der Waals surface area contributed by atoms with Gasteiger partial charge in [0.1, 0.15) is 6.54 Å². The first-order valence-corrected chi connectivity index (χ1v) is 5.73. The number of carboxylic acids is 1. The van der Waals surface area contributed by atoms with Crippen molar-refractivity contribution in [2.45, 2.75) is 18.5 Å². The minimum Gasteiger partial charge on any atom is -0.479 e. The normalized spacial score (nSPS) is 21.6. The molecule has 0 spiro atoms. The molecule has 2 N–H and O–H groups in total. The number of carbonyl (C=O) groups is 2. The van der Waals surface area contributed by atoms with Crippen molar-refractivity contribution in [1.29, 1.82) is 0 Å². The highest BCUT2D eigenvalue weighted by Gasteiger charge is 2.44. The van der Waals surface area contributed by atoms with Gasteiger partial charge < -0.3 is 25.3 Å². The number of amides is 1. The molecule has 1 fully saturated rings. The summed E-state index contributed by atoms with van der Waals surface area (Å²) in [6, 6.07) is 1.15. The molecular formula is C10H12N4O6. The molecular weight excluding hydrogens is 272 g/mol. The van der Waals surface area contributed by atoms with Crippen molar-refractivity contribution in [3.05, 3.63) is 22.4 Å². The van der Waals surface area contributed by atoms with Gasteiger partial charge in [0.05, 0.1) is 24.0 Å². The molecule has 1 atom stereocenters. The summed E-state index contributed by atoms with van der Waals surface area (Å²) in [6.07, 6.45) is 1.45. The van der Waals surface area contributed by atoms with Crippen LogP contribution < -0.4 is 5.32 Å². The summed E-state index contributed by atoms with van der Waals surface area (Å²) in [4.78, 5) is 32.8. The second-order valence-corrected chi connectivity index (χ2v) is 4.37. The molecule has 20 heavy (non-hydrogen) atoms. The van der Waals surface area contributed by atoms with E-state index in [4.69, 9.17) is 9.84 Å². The van der Waals surface area contributed by atoms with E-state index in [1.165, 1.54) is 6.20 Å². The number of rotatable bonds is 5. The Bertz CT molecular complexity index is 548.